The molecule has 4 nitrogen and oxygen atoms in total. The summed E-state index contributed by atoms with van der Waals surface area (Å²) in [4.78, 5) is 10.7. The van der Waals surface area contributed by atoms with Crippen molar-refractivity contribution in [2.24, 2.45) is 0 Å². The molecule has 1 aromatic carbocycles. The number of unbranched alkanes of at least 4 members (excludes halogenated alkanes) is 13. The van der Waals surface area contributed by atoms with Gasteiger partial charge in [-0.3, -0.25) is 0 Å². The van der Waals surface area contributed by atoms with E-state index in [0.717, 1.165) is 18.7 Å². The zero-order valence-electron chi connectivity index (χ0n) is 17.8. The number of hydrogen-bond donors (Lipinski definition) is 3. The quantitative estimate of drug-likeness (QED) is 0.244. The number of benzene rings is 1. The molecule has 0 saturated carbocycles. The largest absolute Gasteiger partial charge is 0.479 e. The second kappa shape index (κ2) is 16.4. The van der Waals surface area contributed by atoms with E-state index in [1.807, 2.05) is 12.1 Å². The fourth-order valence-electron chi connectivity index (χ4n) is 3.48. The molecule has 0 fully saturated rings. The predicted molar refractivity (Wildman–Crippen MR) is 118 cm³/mol. The Morgan fingerprint density at radius 2 is 1.21 bits per heavy atom. The van der Waals surface area contributed by atoms with Gasteiger partial charge >= 0.3 is 5.97 Å². The van der Waals surface area contributed by atoms with E-state index in [9.17, 15) is 9.90 Å². The summed E-state index contributed by atoms with van der Waals surface area (Å²) < 4.78 is 0. The van der Waals surface area contributed by atoms with Crippen molar-refractivity contribution in [1.29, 1.82) is 0 Å². The smallest absolute Gasteiger partial charge is 0.337 e. The number of rotatable bonds is 18. The number of carbonyl (C=O) groups is 1. The van der Waals surface area contributed by atoms with E-state index in [4.69, 9.17) is 5.11 Å². The highest BCUT2D eigenvalue weighted by Gasteiger charge is 2.14. The molecule has 3 N–H and O–H groups in total. The SMILES string of the molecule is CCCCCCCCCCCCCCCCNc1ccc(C(O)C(=O)O)cc1. The Morgan fingerprint density at radius 1 is 0.786 bits per heavy atom. The van der Waals surface area contributed by atoms with Crippen LogP contribution in [0.4, 0.5) is 5.69 Å². The molecule has 4 heteroatoms. The maximum atomic E-state index is 10.7. The van der Waals surface area contributed by atoms with Crippen molar-refractivity contribution in [1.82, 2.24) is 0 Å². The molecule has 0 aliphatic heterocycles. The van der Waals surface area contributed by atoms with Crippen molar-refractivity contribution in [3.05, 3.63) is 29.8 Å². The molecule has 1 unspecified atom stereocenters. The molecule has 0 saturated heterocycles. The van der Waals surface area contributed by atoms with Crippen LogP contribution in [0, 0.1) is 0 Å². The van der Waals surface area contributed by atoms with Gasteiger partial charge in [-0.2, -0.15) is 0 Å². The van der Waals surface area contributed by atoms with Gasteiger partial charge in [0.15, 0.2) is 6.10 Å². The van der Waals surface area contributed by atoms with E-state index >= 15 is 0 Å². The van der Waals surface area contributed by atoms with E-state index in [-0.39, 0.29) is 0 Å². The first kappa shape index (κ1) is 24.5. The summed E-state index contributed by atoms with van der Waals surface area (Å²) in [6, 6.07) is 6.97. The maximum Gasteiger partial charge on any atom is 0.337 e. The second-order valence-corrected chi connectivity index (χ2v) is 7.89. The fourth-order valence-corrected chi connectivity index (χ4v) is 3.48. The molecule has 0 amide bonds. The van der Waals surface area contributed by atoms with Crippen LogP contribution in [0.25, 0.3) is 0 Å². The Balaban J connectivity index is 1.89. The average molecular weight is 392 g/mol. The van der Waals surface area contributed by atoms with Crippen LogP contribution < -0.4 is 5.32 Å². The second-order valence-electron chi connectivity index (χ2n) is 7.89. The van der Waals surface area contributed by atoms with Crippen molar-refractivity contribution < 1.29 is 15.0 Å². The first-order valence-electron chi connectivity index (χ1n) is 11.4. The molecule has 160 valence electrons. The fraction of sp³-hybridized carbons (Fsp3) is 0.708. The molecule has 0 aliphatic rings. The molecule has 0 radical (unpaired) electrons. The van der Waals surface area contributed by atoms with Crippen LogP contribution in [0.2, 0.25) is 0 Å². The van der Waals surface area contributed by atoms with Crippen molar-refractivity contribution in [2.75, 3.05) is 11.9 Å². The number of aliphatic carboxylic acids is 1. The molecular formula is C24H41NO3. The molecule has 28 heavy (non-hydrogen) atoms. The number of aliphatic hydroxyl groups excluding tert-OH is 1. The number of hydrogen-bond acceptors (Lipinski definition) is 3. The molecule has 0 heterocycles. The van der Waals surface area contributed by atoms with Crippen LogP contribution >= 0.6 is 0 Å². The van der Waals surface area contributed by atoms with Gasteiger partial charge in [0.1, 0.15) is 0 Å². The highest BCUT2D eigenvalue weighted by Crippen LogP contribution is 2.17. The molecule has 1 atom stereocenters. The molecule has 1 rings (SSSR count). The minimum atomic E-state index is -1.44. The van der Waals surface area contributed by atoms with E-state index < -0.39 is 12.1 Å². The highest BCUT2D eigenvalue weighted by atomic mass is 16.4. The van der Waals surface area contributed by atoms with Crippen LogP contribution in [0.1, 0.15) is 108 Å². The van der Waals surface area contributed by atoms with Gasteiger partial charge in [0.05, 0.1) is 0 Å². The zero-order chi connectivity index (χ0) is 20.5. The first-order valence-corrected chi connectivity index (χ1v) is 11.4. The van der Waals surface area contributed by atoms with Gasteiger partial charge < -0.3 is 15.5 Å². The maximum absolute atomic E-state index is 10.7. The molecule has 0 aromatic heterocycles. The van der Waals surface area contributed by atoms with Gasteiger partial charge in [-0.05, 0) is 24.1 Å². The van der Waals surface area contributed by atoms with Crippen molar-refractivity contribution in [3.63, 3.8) is 0 Å². The zero-order valence-corrected chi connectivity index (χ0v) is 17.8. The summed E-state index contributed by atoms with van der Waals surface area (Å²) in [5.74, 6) is -1.22. The third-order valence-electron chi connectivity index (χ3n) is 5.32. The highest BCUT2D eigenvalue weighted by molar-refractivity contribution is 5.74. The van der Waals surface area contributed by atoms with Gasteiger partial charge in [-0.15, -0.1) is 0 Å². The summed E-state index contributed by atoms with van der Waals surface area (Å²) in [5, 5.41) is 21.6. The molecule has 0 spiro atoms. The topological polar surface area (TPSA) is 69.6 Å². The van der Waals surface area contributed by atoms with E-state index in [0.29, 0.717) is 5.56 Å². The number of carboxylic acid groups (broad SMARTS) is 1. The van der Waals surface area contributed by atoms with Crippen molar-refractivity contribution in [3.8, 4) is 0 Å². The Hall–Kier alpha value is -1.55. The third kappa shape index (κ3) is 12.0. The molecule has 0 bridgehead atoms. The van der Waals surface area contributed by atoms with E-state index in [2.05, 4.69) is 12.2 Å². The lowest BCUT2D eigenvalue weighted by atomic mass is 10.0. The normalized spacial score (nSPS) is 12.1. The molecule has 1 aromatic rings. The van der Waals surface area contributed by atoms with Gasteiger partial charge in [0.2, 0.25) is 0 Å². The van der Waals surface area contributed by atoms with Crippen molar-refractivity contribution in [2.45, 2.75) is 103 Å². The minimum absolute atomic E-state index is 0.412. The van der Waals surface area contributed by atoms with Gasteiger partial charge in [-0.1, -0.05) is 103 Å². The summed E-state index contributed by atoms with van der Waals surface area (Å²) >= 11 is 0. The van der Waals surface area contributed by atoms with Gasteiger partial charge in [0, 0.05) is 12.2 Å². The Morgan fingerprint density at radius 3 is 1.64 bits per heavy atom. The predicted octanol–water partition coefficient (Wildman–Crippen LogP) is 6.70. The first-order chi connectivity index (χ1) is 13.6. The van der Waals surface area contributed by atoms with Crippen LogP contribution in [0.15, 0.2) is 24.3 Å². The van der Waals surface area contributed by atoms with Crippen LogP contribution in [-0.2, 0) is 4.79 Å². The minimum Gasteiger partial charge on any atom is -0.479 e. The van der Waals surface area contributed by atoms with Crippen LogP contribution in [0.3, 0.4) is 0 Å². The van der Waals surface area contributed by atoms with Crippen molar-refractivity contribution >= 4 is 11.7 Å². The average Bonchev–Trinajstić information content (AvgIpc) is 2.70. The number of aliphatic hydroxyl groups is 1. The summed E-state index contributed by atoms with van der Waals surface area (Å²) in [5.41, 5.74) is 1.38. The monoisotopic (exact) mass is 391 g/mol. The van der Waals surface area contributed by atoms with Crippen LogP contribution in [0.5, 0.6) is 0 Å². The Labute approximate surface area is 171 Å². The van der Waals surface area contributed by atoms with E-state index in [1.54, 1.807) is 12.1 Å². The Kier molecular flexibility index (Phi) is 14.4. The molecule has 0 aliphatic carbocycles. The Bertz CT molecular complexity index is 501. The summed E-state index contributed by atoms with van der Waals surface area (Å²) in [7, 11) is 0. The number of nitrogens with one attached hydrogen (secondary N) is 1. The number of carboxylic acids is 1. The number of anilines is 1. The van der Waals surface area contributed by atoms with E-state index in [1.165, 1.54) is 83.5 Å². The summed E-state index contributed by atoms with van der Waals surface area (Å²) in [6.07, 6.45) is 17.6. The standard InChI is InChI=1S/C24H41NO3/c1-2-3-4-5-6-7-8-9-10-11-12-13-14-15-20-25-22-18-16-21(17-19-22)23(26)24(27)28/h16-19,23,25-26H,2-15,20H2,1H3,(H,27,28). The third-order valence-corrected chi connectivity index (χ3v) is 5.32. The lowest BCUT2D eigenvalue weighted by Gasteiger charge is -2.09. The lowest BCUT2D eigenvalue weighted by Crippen LogP contribution is -2.10. The van der Waals surface area contributed by atoms with Crippen LogP contribution in [-0.4, -0.2) is 22.7 Å². The molecular weight excluding hydrogens is 350 g/mol. The van der Waals surface area contributed by atoms with Gasteiger partial charge in [-0.25, -0.2) is 4.79 Å². The lowest BCUT2D eigenvalue weighted by molar-refractivity contribution is -0.146. The summed E-state index contributed by atoms with van der Waals surface area (Å²) in [6.45, 7) is 3.20. The van der Waals surface area contributed by atoms with Gasteiger partial charge in [0.25, 0.3) is 0 Å².